The number of benzene rings is 1. The minimum absolute atomic E-state index is 0.0941. The Hall–Kier alpha value is -7.77. The molecule has 0 amide bonds. The average molecular weight is 1830 g/mol. The standard InChI is InChI=1S/C79H117N3O45/c1-34(83)105-30-47-52(59(96-13)51(81-82-80)73(115-47)114-42(9)91)122-74-66(101-18)60(97-14)53(44(116-74)27-93-10)123-75-67(102-19)61(98-15)54(45(117-75)28-94-11)124-76-68(103-20)62(99-16)55(46(118-76)29-95-12)125-77-69(104-21)63(100-17)56(50(119-77)33-108-72(92)43-25-23-22-24-26-43)126-78-71(113-41(8)90)65(111-39(6)88)58(49(121-78)32-107-36(3)85)127-79-70(112-40(7)89)64(110-38(5)87)57(109-37(4)86)48(120-79)31-106-35(2)84/h22-26,44-71,73-79H,27-33H2,1-21H3/t44?,45?,46?,47?,48?,49?,50?,51-,52+,53+,54+,55+,56+,57-,58+,59?,60?,61?,62?,63?,64?,65?,66?,67?,68-,69-,70?,71?,73?,74-,75+,76-,77-,78-,79+/m0/s1. The first-order valence-corrected chi connectivity index (χ1v) is 40.2. The Morgan fingerprint density at radius 1 is 0.268 bits per heavy atom. The van der Waals surface area contributed by atoms with Gasteiger partial charge in [-0.2, -0.15) is 0 Å². The molecule has 1 aromatic rings. The summed E-state index contributed by atoms with van der Waals surface area (Å²) in [5, 5.41) is 3.83. The highest BCUT2D eigenvalue weighted by molar-refractivity contribution is 5.89. The second-order valence-electron chi connectivity index (χ2n) is 29.6. The predicted molar refractivity (Wildman–Crippen MR) is 412 cm³/mol. The third-order valence-corrected chi connectivity index (χ3v) is 21.1. The Morgan fingerprint density at radius 3 is 0.780 bits per heavy atom. The number of hydrogen-bond donors (Lipinski definition) is 0. The molecule has 0 N–H and O–H groups in total. The number of rotatable bonds is 43. The largest absolute Gasteiger partial charge is 0.463 e. The monoisotopic (exact) mass is 1830 g/mol. The molecule has 7 fully saturated rings. The molecule has 718 valence electrons. The van der Waals surface area contributed by atoms with Gasteiger partial charge in [-0.05, 0) is 17.7 Å². The number of nitrogens with zero attached hydrogens (tertiary/aromatic N) is 3. The van der Waals surface area contributed by atoms with Crippen molar-refractivity contribution < 1.29 is 214 Å². The van der Waals surface area contributed by atoms with Gasteiger partial charge < -0.3 is 166 Å². The van der Waals surface area contributed by atoms with Gasteiger partial charge in [0.25, 0.3) is 0 Å². The maximum Gasteiger partial charge on any atom is 0.338 e. The van der Waals surface area contributed by atoms with Gasteiger partial charge in [0.05, 0.1) is 25.4 Å². The Morgan fingerprint density at radius 2 is 0.504 bits per heavy atom. The van der Waals surface area contributed by atoms with Crippen LogP contribution in [0.2, 0.25) is 0 Å². The van der Waals surface area contributed by atoms with Crippen molar-refractivity contribution in [2.45, 2.75) is 277 Å². The van der Waals surface area contributed by atoms with Crippen molar-refractivity contribution in [3.05, 3.63) is 46.3 Å². The van der Waals surface area contributed by atoms with Gasteiger partial charge in [0.2, 0.25) is 6.29 Å². The Balaban J connectivity index is 1.11. The molecular formula is C79H117N3O45. The van der Waals surface area contributed by atoms with Crippen LogP contribution in [0.1, 0.15) is 72.7 Å². The molecule has 19 unspecified atom stereocenters. The quantitative estimate of drug-likeness (QED) is 0.0271. The van der Waals surface area contributed by atoms with Crippen LogP contribution in [0.3, 0.4) is 0 Å². The molecule has 0 spiro atoms. The Bertz CT molecular complexity index is 3740. The van der Waals surface area contributed by atoms with Gasteiger partial charge >= 0.3 is 59.7 Å². The van der Waals surface area contributed by atoms with Crippen molar-refractivity contribution in [2.75, 3.05) is 132 Å². The lowest BCUT2D eigenvalue weighted by atomic mass is 9.94. The van der Waals surface area contributed by atoms with E-state index in [-0.39, 0.29) is 25.4 Å². The number of carbonyl (C=O) groups is 10. The Labute approximate surface area is 731 Å². The second-order valence-corrected chi connectivity index (χ2v) is 29.6. The zero-order valence-electron chi connectivity index (χ0n) is 74.3. The molecule has 127 heavy (non-hydrogen) atoms. The average Bonchev–Trinajstić information content (AvgIpc) is 0.754. The molecule has 7 aliphatic heterocycles. The van der Waals surface area contributed by atoms with Crippen LogP contribution >= 0.6 is 0 Å². The van der Waals surface area contributed by atoms with E-state index >= 15 is 0 Å². The minimum atomic E-state index is -2.03. The molecule has 7 aliphatic rings. The van der Waals surface area contributed by atoms with Crippen molar-refractivity contribution >= 4 is 59.7 Å². The molecule has 7 saturated heterocycles. The van der Waals surface area contributed by atoms with Crippen LogP contribution in [-0.2, 0) is 209 Å². The van der Waals surface area contributed by atoms with Crippen molar-refractivity contribution in [2.24, 2.45) is 5.11 Å². The molecule has 35 atom stereocenters. The number of ether oxygens (including phenoxy) is 35. The van der Waals surface area contributed by atoms with Crippen LogP contribution in [0, 0.1) is 0 Å². The molecular weight excluding hydrogens is 1710 g/mol. The van der Waals surface area contributed by atoms with Gasteiger partial charge in [-0.3, -0.25) is 43.2 Å². The summed E-state index contributed by atoms with van der Waals surface area (Å²) in [6, 6.07) is 6.47. The van der Waals surface area contributed by atoms with Crippen LogP contribution in [0.4, 0.5) is 0 Å². The highest BCUT2D eigenvalue weighted by Gasteiger charge is 2.63. The van der Waals surface area contributed by atoms with Gasteiger partial charge in [0.1, 0.15) is 167 Å². The maximum absolute atomic E-state index is 14.1. The van der Waals surface area contributed by atoms with E-state index in [0.717, 1.165) is 55.4 Å². The lowest BCUT2D eigenvalue weighted by molar-refractivity contribution is -0.402. The van der Waals surface area contributed by atoms with Crippen LogP contribution in [-0.4, -0.2) is 406 Å². The first-order chi connectivity index (χ1) is 60.7. The topological polar surface area (TPSA) is 543 Å². The fourth-order valence-corrected chi connectivity index (χ4v) is 16.0. The van der Waals surface area contributed by atoms with Gasteiger partial charge in [-0.25, -0.2) is 4.79 Å². The summed E-state index contributed by atoms with van der Waals surface area (Å²) in [7, 11) is 16.2. The zero-order chi connectivity index (χ0) is 93.2. The molecule has 0 saturated carbocycles. The number of esters is 10. The van der Waals surface area contributed by atoms with Crippen LogP contribution in [0.5, 0.6) is 0 Å². The smallest absolute Gasteiger partial charge is 0.338 e. The SMILES string of the molecule is COCC1O[C@@H](O[C@@H]2C(COC(C)=O)OC(OC(C)=O)[C@@H](N=[N+]=[N-])C2OC)C(OC)C(OC)[C@@H]1O[C@H]1OC(COC)[C@@H](O[C@@H]2OC(COC)[C@@H](O[C@@H]3OC(COC(=O)c4ccccc4)[C@@H](O[C@@H]4OC(COC(C)=O)[C@@H](O[C@H]5OC(COC(C)=O)[C@H](OC(C)=O)C(OC(C)=O)C5OC(C)=O)C(OC(C)=O)C4OC(C)=O)C(OC)[C@@H]3OC)C(OC)[C@@H]2OC)C(OC)C1OC. The van der Waals surface area contributed by atoms with Crippen LogP contribution in [0.25, 0.3) is 10.4 Å². The Kier molecular flexibility index (Phi) is 41.7. The van der Waals surface area contributed by atoms with E-state index in [1.54, 1.807) is 18.2 Å². The molecule has 0 bridgehead atoms. The van der Waals surface area contributed by atoms with Crippen LogP contribution in [0.15, 0.2) is 35.4 Å². The minimum Gasteiger partial charge on any atom is -0.463 e. The lowest BCUT2D eigenvalue weighted by Crippen LogP contribution is -2.69. The summed E-state index contributed by atoms with van der Waals surface area (Å²) >= 11 is 0. The van der Waals surface area contributed by atoms with Crippen molar-refractivity contribution in [3.8, 4) is 0 Å². The summed E-state index contributed by atoms with van der Waals surface area (Å²) in [5.41, 5.74) is 9.78. The van der Waals surface area contributed by atoms with Crippen molar-refractivity contribution in [3.63, 3.8) is 0 Å². The summed E-state index contributed by atoms with van der Waals surface area (Å²) in [5.74, 6) is -9.19. The van der Waals surface area contributed by atoms with E-state index in [4.69, 9.17) is 166 Å². The molecule has 0 radical (unpaired) electrons. The molecule has 0 aliphatic carbocycles. The third-order valence-electron chi connectivity index (χ3n) is 21.1. The number of methoxy groups -OCH3 is 12. The molecule has 1 aromatic carbocycles. The maximum atomic E-state index is 14.1. The molecule has 48 nitrogen and oxygen atoms in total. The van der Waals surface area contributed by atoms with Gasteiger partial charge in [-0.15, -0.1) is 0 Å². The highest BCUT2D eigenvalue weighted by atomic mass is 16.8. The van der Waals surface area contributed by atoms with Crippen LogP contribution < -0.4 is 0 Å². The van der Waals surface area contributed by atoms with E-state index in [1.807, 2.05) is 0 Å². The molecule has 0 aromatic heterocycles. The predicted octanol–water partition coefficient (Wildman–Crippen LogP) is -0.107. The number of azide groups is 1. The normalized spacial score (nSPS) is 36.7. The fourth-order valence-electron chi connectivity index (χ4n) is 16.0. The summed E-state index contributed by atoms with van der Waals surface area (Å²) in [4.78, 5) is 133. The number of hydrogen-bond acceptors (Lipinski definition) is 46. The summed E-state index contributed by atoms with van der Waals surface area (Å²) < 4.78 is 217. The van der Waals surface area contributed by atoms with E-state index in [2.05, 4.69) is 10.0 Å². The van der Waals surface area contributed by atoms with Crippen molar-refractivity contribution in [1.29, 1.82) is 0 Å². The van der Waals surface area contributed by atoms with Gasteiger partial charge in [-0.1, -0.05) is 23.3 Å². The third kappa shape index (κ3) is 27.2. The molecule has 7 heterocycles. The lowest BCUT2D eigenvalue weighted by Gasteiger charge is -2.52. The van der Waals surface area contributed by atoms with E-state index < -0.39 is 301 Å². The first-order valence-electron chi connectivity index (χ1n) is 40.2. The first kappa shape index (κ1) is 105. The summed E-state index contributed by atoms with van der Waals surface area (Å²) in [6.45, 7) is 5.94. The zero-order valence-corrected chi connectivity index (χ0v) is 74.3. The highest BCUT2D eigenvalue weighted by Crippen LogP contribution is 2.43. The number of carbonyl (C=O) groups excluding carboxylic acids is 10. The van der Waals surface area contributed by atoms with E-state index in [0.29, 0.717) is 0 Å². The second kappa shape index (κ2) is 50.6. The van der Waals surface area contributed by atoms with Gasteiger partial charge in [0, 0.05) is 153 Å². The fraction of sp³-hybridized carbons (Fsp3) is 0.797. The van der Waals surface area contributed by atoms with E-state index in [1.165, 1.54) is 104 Å². The molecule has 8 rings (SSSR count). The summed E-state index contributed by atoms with van der Waals surface area (Å²) in [6.07, 6.45) is -50.4. The van der Waals surface area contributed by atoms with E-state index in [9.17, 15) is 53.5 Å². The van der Waals surface area contributed by atoms with Gasteiger partial charge in [0.15, 0.2) is 68.3 Å². The molecule has 48 heteroatoms. The van der Waals surface area contributed by atoms with Crippen molar-refractivity contribution in [1.82, 2.24) is 0 Å².